The highest BCUT2D eigenvalue weighted by atomic mass is 32.2. The number of nitro groups is 1. The van der Waals surface area contributed by atoms with Crippen LogP contribution in [0.15, 0.2) is 77.8 Å². The Morgan fingerprint density at radius 3 is 2.50 bits per heavy atom. The number of aromatic amines is 1. The molecule has 5 aromatic rings. The maximum absolute atomic E-state index is 14.8. The normalized spacial score (nSPS) is 27.0. The number of carbonyl (C=O) groups excluding carboxylic acids is 1. The Kier molecular flexibility index (Phi) is 12.6. The van der Waals surface area contributed by atoms with E-state index in [1.54, 1.807) is 12.3 Å². The van der Waals surface area contributed by atoms with E-state index in [4.69, 9.17) is 23.9 Å². The molecule has 1 amide bonds. The third-order valence-corrected chi connectivity index (χ3v) is 18.8. The molecular formula is C55H66N8O10S. The zero-order chi connectivity index (χ0) is 51.1. The third-order valence-electron chi connectivity index (χ3n) is 17.4. The molecule has 1 spiro atoms. The highest BCUT2D eigenvalue weighted by molar-refractivity contribution is 7.90. The second-order valence-corrected chi connectivity index (χ2v) is 24.1. The van der Waals surface area contributed by atoms with E-state index in [0.717, 1.165) is 69.1 Å². The van der Waals surface area contributed by atoms with Gasteiger partial charge in [0.1, 0.15) is 24.0 Å². The van der Waals surface area contributed by atoms with Gasteiger partial charge in [0.15, 0.2) is 11.4 Å². The summed E-state index contributed by atoms with van der Waals surface area (Å²) >= 11 is 0. The molecule has 12 rings (SSSR count). The Bertz CT molecular complexity index is 3080. The molecule has 7 aliphatic rings. The van der Waals surface area contributed by atoms with Crippen LogP contribution in [0.2, 0.25) is 0 Å². The van der Waals surface area contributed by atoms with E-state index in [1.165, 1.54) is 17.2 Å². The van der Waals surface area contributed by atoms with Crippen molar-refractivity contribution in [3.8, 4) is 11.6 Å². The van der Waals surface area contributed by atoms with Crippen molar-refractivity contribution in [2.45, 2.75) is 125 Å². The molecule has 0 bridgehead atoms. The summed E-state index contributed by atoms with van der Waals surface area (Å²) in [6, 6.07) is 20.7. The summed E-state index contributed by atoms with van der Waals surface area (Å²) in [5.74, 6) is -0.0106. The smallest absolute Gasteiger partial charge is 0.297 e. The molecule has 392 valence electrons. The Balaban J connectivity index is 0.831. The van der Waals surface area contributed by atoms with Crippen LogP contribution in [0.25, 0.3) is 11.0 Å². The van der Waals surface area contributed by atoms with Crippen LogP contribution < -0.4 is 29.3 Å². The summed E-state index contributed by atoms with van der Waals surface area (Å²) < 4.78 is 55.7. The van der Waals surface area contributed by atoms with Crippen molar-refractivity contribution in [1.29, 1.82) is 0 Å². The highest BCUT2D eigenvalue weighted by Gasteiger charge is 2.50. The fourth-order valence-electron chi connectivity index (χ4n) is 13.2. The predicted octanol–water partition coefficient (Wildman–Crippen LogP) is 8.34. The van der Waals surface area contributed by atoms with Crippen LogP contribution in [-0.2, 0) is 19.5 Å². The molecule has 2 saturated carbocycles. The lowest BCUT2D eigenvalue weighted by Gasteiger charge is -2.57. The van der Waals surface area contributed by atoms with Gasteiger partial charge in [0.05, 0.1) is 64.6 Å². The summed E-state index contributed by atoms with van der Waals surface area (Å²) in [5.41, 5.74) is 4.60. The number of anilines is 4. The number of pyridine rings is 1. The van der Waals surface area contributed by atoms with Crippen LogP contribution in [0.1, 0.15) is 112 Å². The van der Waals surface area contributed by atoms with Crippen molar-refractivity contribution < 1.29 is 42.2 Å². The van der Waals surface area contributed by atoms with Crippen LogP contribution in [0.3, 0.4) is 0 Å². The van der Waals surface area contributed by atoms with Gasteiger partial charge in [-0.3, -0.25) is 19.8 Å². The second-order valence-electron chi connectivity index (χ2n) is 22.5. The number of nitrogens with one attached hydrogen (secondary N) is 3. The average Bonchev–Trinajstić information content (AvgIpc) is 3.86. The maximum Gasteiger partial charge on any atom is 0.297 e. The summed E-state index contributed by atoms with van der Waals surface area (Å²) in [5, 5.41) is 27.2. The standard InChI is InChI=1S/C55H66N8O10S/c1-33(2)39-6-4-5-7-40(39)47-31-71-23-21-61(47)37-28-55(29-37)16-19-60(20-17-55)36-8-9-41(44(25-36)62-43-13-22-70-32-49(43)73-53-46(62)24-35-12-18-56-51(35)58-53)52(64)59-74(68,69)38-26-45(63(66)67)50-48(27-38)72-30-42(57-50)34-10-14-54(3,65)15-11-34/h4-9,12,18,24-27,33-34,37,42-43,47,49,57,65H,10-11,13-17,19-23,28-32H2,1-3H3,(H,56,58)(H,59,64)/t34?,42-,43+,47+,49+,54?/m1/s1. The number of aliphatic hydroxyl groups is 1. The number of benzene rings is 3. The molecule has 2 aromatic heterocycles. The van der Waals surface area contributed by atoms with Crippen molar-refractivity contribution in [1.82, 2.24) is 19.6 Å². The number of rotatable bonds is 10. The molecule has 7 heterocycles. The zero-order valence-corrected chi connectivity index (χ0v) is 43.1. The quantitative estimate of drug-likeness (QED) is 0.0765. The molecule has 74 heavy (non-hydrogen) atoms. The average molecular weight is 1030 g/mol. The van der Waals surface area contributed by atoms with Crippen molar-refractivity contribution in [2.24, 2.45) is 11.3 Å². The predicted molar refractivity (Wildman–Crippen MR) is 279 cm³/mol. The van der Waals surface area contributed by atoms with Crippen molar-refractivity contribution in [3.63, 3.8) is 0 Å². The molecule has 5 fully saturated rings. The van der Waals surface area contributed by atoms with Crippen LogP contribution in [-0.4, -0.2) is 122 Å². The Hall–Kier alpha value is -5.99. The van der Waals surface area contributed by atoms with Gasteiger partial charge < -0.3 is 44.2 Å². The number of piperidine rings is 1. The van der Waals surface area contributed by atoms with E-state index < -0.39 is 43.1 Å². The number of fused-ring (bicyclic) bond motifs is 4. The molecule has 0 radical (unpaired) electrons. The van der Waals surface area contributed by atoms with Crippen LogP contribution >= 0.6 is 0 Å². The summed E-state index contributed by atoms with van der Waals surface area (Å²) in [6.45, 7) is 11.2. The molecule has 3 aromatic carbocycles. The van der Waals surface area contributed by atoms with Crippen LogP contribution in [0.5, 0.6) is 11.6 Å². The third kappa shape index (κ3) is 9.01. The van der Waals surface area contributed by atoms with Gasteiger partial charge in [0, 0.05) is 61.7 Å². The number of nitrogens with zero attached hydrogens (tertiary/aromatic N) is 5. The Morgan fingerprint density at radius 1 is 0.932 bits per heavy atom. The fourth-order valence-corrected chi connectivity index (χ4v) is 14.2. The molecular weight excluding hydrogens is 965 g/mol. The topological polar surface area (TPSA) is 214 Å². The van der Waals surface area contributed by atoms with Crippen LogP contribution in [0.4, 0.5) is 28.4 Å². The molecule has 19 heteroatoms. The second kappa shape index (κ2) is 19.0. The summed E-state index contributed by atoms with van der Waals surface area (Å²) in [4.78, 5) is 41.5. The van der Waals surface area contributed by atoms with E-state index in [1.807, 2.05) is 31.2 Å². The summed E-state index contributed by atoms with van der Waals surface area (Å²) in [6.07, 6.45) is 8.85. The molecule has 3 saturated heterocycles. The zero-order valence-electron chi connectivity index (χ0n) is 42.3. The van der Waals surface area contributed by atoms with Crippen LogP contribution in [0, 0.1) is 21.4 Å². The number of sulfonamides is 1. The molecule has 4 atom stereocenters. The van der Waals surface area contributed by atoms with E-state index in [0.29, 0.717) is 86.8 Å². The minimum Gasteiger partial charge on any atom is -0.489 e. The van der Waals surface area contributed by atoms with Gasteiger partial charge >= 0.3 is 0 Å². The van der Waals surface area contributed by atoms with Gasteiger partial charge in [-0.2, -0.15) is 4.98 Å². The van der Waals surface area contributed by atoms with Crippen molar-refractivity contribution in [3.05, 3.63) is 99.7 Å². The number of hydrogen-bond acceptors (Lipinski definition) is 15. The largest absolute Gasteiger partial charge is 0.489 e. The number of nitro benzene ring substituents is 1. The Morgan fingerprint density at radius 2 is 1.72 bits per heavy atom. The van der Waals surface area contributed by atoms with E-state index >= 15 is 0 Å². The van der Waals surface area contributed by atoms with Gasteiger partial charge in [-0.05, 0) is 123 Å². The van der Waals surface area contributed by atoms with E-state index in [-0.39, 0.29) is 53.1 Å². The van der Waals surface area contributed by atoms with E-state index in [9.17, 15) is 28.4 Å². The highest BCUT2D eigenvalue weighted by Crippen LogP contribution is 2.54. The lowest BCUT2D eigenvalue weighted by molar-refractivity contribution is -0.384. The first-order valence-electron chi connectivity index (χ1n) is 26.5. The number of ether oxygens (including phenoxy) is 4. The summed E-state index contributed by atoms with van der Waals surface area (Å²) in [7, 11) is -4.72. The number of amides is 1. The SMILES string of the molecule is CC(C)c1ccccc1[C@@H]1COCCN1C1CC2(CCN(c3ccc(C(=O)NS(=O)(=O)c4cc5c(c([N+](=O)[O-])c4)N[C@@H](C4CCC(C)(O)CC4)CO5)c(N4c5cc6cc[nH]c6nc5O[C@H]5COCC[C@@H]54)c3)CC2)C1. The molecule has 2 aliphatic carbocycles. The van der Waals surface area contributed by atoms with Gasteiger partial charge in [0.2, 0.25) is 5.88 Å². The van der Waals surface area contributed by atoms with Gasteiger partial charge in [0.25, 0.3) is 21.6 Å². The van der Waals surface area contributed by atoms with Crippen molar-refractivity contribution >= 4 is 55.4 Å². The minimum atomic E-state index is -4.72. The monoisotopic (exact) mass is 1030 g/mol. The molecule has 18 nitrogen and oxygen atoms in total. The molecule has 0 unspecified atom stereocenters. The molecule has 5 aliphatic heterocycles. The number of morpholine rings is 1. The van der Waals surface area contributed by atoms with Gasteiger partial charge in [-0.1, -0.05) is 38.1 Å². The molecule has 4 N–H and O–H groups in total. The Labute approximate surface area is 431 Å². The minimum absolute atomic E-state index is 0.00797. The number of carbonyl (C=O) groups is 1. The lowest BCUT2D eigenvalue weighted by atomic mass is 9.59. The fraction of sp³-hybridized carbons (Fsp3) is 0.527. The number of hydrogen-bond donors (Lipinski definition) is 4. The van der Waals surface area contributed by atoms with Gasteiger partial charge in [-0.25, -0.2) is 13.1 Å². The number of aromatic nitrogens is 2. The lowest BCUT2D eigenvalue weighted by Crippen LogP contribution is -2.58. The van der Waals surface area contributed by atoms with Gasteiger partial charge in [-0.15, -0.1) is 0 Å². The van der Waals surface area contributed by atoms with E-state index in [2.05, 4.69) is 67.8 Å². The first kappa shape index (κ1) is 48.9. The number of H-pyrrole nitrogens is 1. The maximum atomic E-state index is 14.8. The first-order chi connectivity index (χ1) is 35.6. The first-order valence-corrected chi connectivity index (χ1v) is 28.0. The van der Waals surface area contributed by atoms with Crippen molar-refractivity contribution in [2.75, 3.05) is 67.8 Å².